The minimum atomic E-state index is -0.324. The zero-order valence-corrected chi connectivity index (χ0v) is 20.6. The Morgan fingerprint density at radius 3 is 2.94 bits per heavy atom. The fourth-order valence-corrected chi connectivity index (χ4v) is 5.92. The number of β-amino-alcohol motifs (C(OH)–C–C–N with tert-alkyl or cyclic N) is 1. The van der Waals surface area contributed by atoms with Crippen LogP contribution in [-0.4, -0.2) is 60.4 Å². The van der Waals surface area contributed by atoms with Crippen molar-refractivity contribution in [1.82, 2.24) is 29.0 Å². The Balaban J connectivity index is 1.27. The van der Waals surface area contributed by atoms with E-state index in [1.54, 1.807) is 18.1 Å². The number of rotatable bonds is 6. The molecule has 10 heteroatoms. The van der Waals surface area contributed by atoms with Crippen molar-refractivity contribution in [3.63, 3.8) is 0 Å². The van der Waals surface area contributed by atoms with E-state index in [9.17, 15) is 9.90 Å². The van der Waals surface area contributed by atoms with Crippen LogP contribution in [-0.2, 0) is 20.1 Å². The van der Waals surface area contributed by atoms with Crippen LogP contribution < -0.4 is 10.2 Å². The second-order valence-electron chi connectivity index (χ2n) is 9.13. The number of nitrogens with zero attached hydrogens (tertiary/aromatic N) is 6. The van der Waals surface area contributed by atoms with Gasteiger partial charge in [-0.15, -0.1) is 0 Å². The standard InChI is InChI=1S/C24H31N7O2S/c1-16-13-30(14-19-6-9-27-31(16)19)34-22-11-21(28(3)17(22)2)24(33)26-12-18-5-4-8-25-23(18)29-10-7-20(32)15-29/h4-6,8-9,11,16,20,32H,7,10,12-15H2,1-3H3,(H,26,33). The van der Waals surface area contributed by atoms with Crippen molar-refractivity contribution in [3.05, 3.63) is 59.3 Å². The van der Waals surface area contributed by atoms with E-state index in [-0.39, 0.29) is 12.0 Å². The first kappa shape index (κ1) is 22.9. The number of aromatic nitrogens is 4. The predicted octanol–water partition coefficient (Wildman–Crippen LogP) is 2.51. The Morgan fingerprint density at radius 2 is 2.15 bits per heavy atom. The Kier molecular flexibility index (Phi) is 6.37. The molecule has 1 fully saturated rings. The molecule has 5 rings (SSSR count). The molecule has 3 aromatic heterocycles. The van der Waals surface area contributed by atoms with E-state index in [1.165, 1.54) is 5.69 Å². The number of aliphatic hydroxyl groups is 1. The van der Waals surface area contributed by atoms with Gasteiger partial charge in [-0.25, -0.2) is 9.29 Å². The second-order valence-corrected chi connectivity index (χ2v) is 10.3. The number of hydrogen-bond acceptors (Lipinski definition) is 7. The molecule has 2 aliphatic rings. The minimum absolute atomic E-state index is 0.112. The Bertz CT molecular complexity index is 1190. The van der Waals surface area contributed by atoms with Crippen molar-refractivity contribution < 1.29 is 9.90 Å². The van der Waals surface area contributed by atoms with Gasteiger partial charge in [0.15, 0.2) is 0 Å². The van der Waals surface area contributed by atoms with Crippen molar-refractivity contribution in [2.75, 3.05) is 24.5 Å². The van der Waals surface area contributed by atoms with Gasteiger partial charge < -0.3 is 19.9 Å². The van der Waals surface area contributed by atoms with Crippen LogP contribution in [0, 0.1) is 6.92 Å². The molecule has 1 saturated heterocycles. The average molecular weight is 482 g/mol. The van der Waals surface area contributed by atoms with E-state index in [0.29, 0.717) is 24.8 Å². The predicted molar refractivity (Wildman–Crippen MR) is 132 cm³/mol. The van der Waals surface area contributed by atoms with Gasteiger partial charge in [0.25, 0.3) is 5.91 Å². The Labute approximate surface area is 203 Å². The van der Waals surface area contributed by atoms with Crippen molar-refractivity contribution in [2.45, 2.75) is 50.4 Å². The molecule has 0 saturated carbocycles. The van der Waals surface area contributed by atoms with Gasteiger partial charge in [-0.2, -0.15) is 5.10 Å². The van der Waals surface area contributed by atoms with E-state index in [2.05, 4.69) is 49.2 Å². The molecule has 2 N–H and O–H groups in total. The maximum absolute atomic E-state index is 13.1. The summed E-state index contributed by atoms with van der Waals surface area (Å²) in [6.07, 6.45) is 4.03. The fraction of sp³-hybridized carbons (Fsp3) is 0.458. The summed E-state index contributed by atoms with van der Waals surface area (Å²) in [5, 5.41) is 17.4. The largest absolute Gasteiger partial charge is 0.391 e. The van der Waals surface area contributed by atoms with Crippen LogP contribution in [0.5, 0.6) is 0 Å². The highest BCUT2D eigenvalue weighted by molar-refractivity contribution is 7.97. The lowest BCUT2D eigenvalue weighted by Crippen LogP contribution is -2.32. The van der Waals surface area contributed by atoms with E-state index in [1.807, 2.05) is 36.0 Å². The van der Waals surface area contributed by atoms with Gasteiger partial charge in [0, 0.05) is 61.8 Å². The van der Waals surface area contributed by atoms with Crippen molar-refractivity contribution in [3.8, 4) is 0 Å². The van der Waals surface area contributed by atoms with Crippen LogP contribution in [0.3, 0.4) is 0 Å². The third kappa shape index (κ3) is 4.45. The van der Waals surface area contributed by atoms with Gasteiger partial charge >= 0.3 is 0 Å². The molecule has 1 amide bonds. The lowest BCUT2D eigenvalue weighted by molar-refractivity contribution is 0.0942. The number of hydrogen-bond donors (Lipinski definition) is 2. The molecule has 9 nitrogen and oxygen atoms in total. The molecule has 180 valence electrons. The van der Waals surface area contributed by atoms with Crippen LogP contribution in [0.2, 0.25) is 0 Å². The molecule has 0 radical (unpaired) electrons. The fourth-order valence-electron chi connectivity index (χ4n) is 4.72. The molecule has 2 unspecified atom stereocenters. The first-order valence-electron chi connectivity index (χ1n) is 11.7. The summed E-state index contributed by atoms with van der Waals surface area (Å²) in [7, 11) is 1.93. The summed E-state index contributed by atoms with van der Waals surface area (Å²) in [6, 6.07) is 8.21. The monoisotopic (exact) mass is 481 g/mol. The van der Waals surface area contributed by atoms with Crippen LogP contribution >= 0.6 is 11.9 Å². The minimum Gasteiger partial charge on any atom is -0.391 e. The second kappa shape index (κ2) is 9.44. The van der Waals surface area contributed by atoms with E-state index in [0.717, 1.165) is 48.0 Å². The Morgan fingerprint density at radius 1 is 1.29 bits per heavy atom. The number of aliphatic hydroxyl groups excluding tert-OH is 1. The number of pyridine rings is 1. The van der Waals surface area contributed by atoms with Gasteiger partial charge in [-0.3, -0.25) is 9.48 Å². The van der Waals surface area contributed by atoms with Crippen LogP contribution in [0.4, 0.5) is 5.82 Å². The first-order valence-corrected chi connectivity index (χ1v) is 12.4. The highest BCUT2D eigenvalue weighted by Gasteiger charge is 2.26. The highest BCUT2D eigenvalue weighted by Crippen LogP contribution is 2.33. The summed E-state index contributed by atoms with van der Waals surface area (Å²) < 4.78 is 6.37. The van der Waals surface area contributed by atoms with Crippen LogP contribution in [0.15, 0.2) is 41.6 Å². The molecule has 3 aromatic rings. The first-order chi connectivity index (χ1) is 16.4. The molecule has 34 heavy (non-hydrogen) atoms. The topological polar surface area (TPSA) is 91.5 Å². The molecule has 0 spiro atoms. The van der Waals surface area contributed by atoms with Gasteiger partial charge in [0.05, 0.1) is 24.4 Å². The molecule has 5 heterocycles. The van der Waals surface area contributed by atoms with Gasteiger partial charge in [0.2, 0.25) is 0 Å². The zero-order valence-electron chi connectivity index (χ0n) is 19.8. The van der Waals surface area contributed by atoms with Crippen LogP contribution in [0.1, 0.15) is 46.8 Å². The third-order valence-electron chi connectivity index (χ3n) is 6.69. The SMILES string of the molecule is Cc1c(SN2Cc3ccnn3C(C)C2)cc(C(=O)NCc2cccnc2N2CCC(O)C2)n1C. The van der Waals surface area contributed by atoms with Crippen molar-refractivity contribution in [2.24, 2.45) is 7.05 Å². The number of carbonyl (C=O) groups excluding carboxylic acids is 1. The molecular weight excluding hydrogens is 450 g/mol. The number of nitrogens with one attached hydrogen (secondary N) is 1. The average Bonchev–Trinajstić information content (AvgIpc) is 3.54. The lowest BCUT2D eigenvalue weighted by Gasteiger charge is -2.30. The summed E-state index contributed by atoms with van der Waals surface area (Å²) in [5.41, 5.74) is 3.85. The number of fused-ring (bicyclic) bond motifs is 1. The van der Waals surface area contributed by atoms with Crippen LogP contribution in [0.25, 0.3) is 0 Å². The third-order valence-corrected chi connectivity index (χ3v) is 7.84. The molecule has 2 atom stereocenters. The maximum Gasteiger partial charge on any atom is 0.268 e. The number of amides is 1. The molecule has 0 bridgehead atoms. The lowest BCUT2D eigenvalue weighted by atomic mass is 10.2. The molecule has 2 aliphatic heterocycles. The zero-order chi connectivity index (χ0) is 23.8. The highest BCUT2D eigenvalue weighted by atomic mass is 32.2. The molecular formula is C24H31N7O2S. The summed E-state index contributed by atoms with van der Waals surface area (Å²) >= 11 is 1.70. The van der Waals surface area contributed by atoms with Crippen molar-refractivity contribution >= 4 is 23.7 Å². The maximum atomic E-state index is 13.1. The van der Waals surface area contributed by atoms with Gasteiger partial charge in [-0.05, 0) is 50.4 Å². The summed E-state index contributed by atoms with van der Waals surface area (Å²) in [5.74, 6) is 0.718. The van der Waals surface area contributed by atoms with E-state index < -0.39 is 0 Å². The molecule has 0 aliphatic carbocycles. The van der Waals surface area contributed by atoms with E-state index in [4.69, 9.17) is 0 Å². The number of carbonyl (C=O) groups is 1. The smallest absolute Gasteiger partial charge is 0.268 e. The van der Waals surface area contributed by atoms with Crippen molar-refractivity contribution in [1.29, 1.82) is 0 Å². The number of anilines is 1. The molecule has 0 aromatic carbocycles. The quantitative estimate of drug-likeness (QED) is 0.523. The van der Waals surface area contributed by atoms with E-state index >= 15 is 0 Å². The van der Waals surface area contributed by atoms with Gasteiger partial charge in [-0.1, -0.05) is 6.07 Å². The normalized spacial score (nSPS) is 20.5. The summed E-state index contributed by atoms with van der Waals surface area (Å²) in [4.78, 5) is 20.8. The summed E-state index contributed by atoms with van der Waals surface area (Å²) in [6.45, 7) is 7.67. The van der Waals surface area contributed by atoms with Gasteiger partial charge in [0.1, 0.15) is 11.5 Å². The Hall–Kier alpha value is -2.82.